The second-order valence-electron chi connectivity index (χ2n) is 8.28. The van der Waals surface area contributed by atoms with Crippen LogP contribution in [-0.2, 0) is 17.7 Å². The zero-order valence-electron chi connectivity index (χ0n) is 19.7. The van der Waals surface area contributed by atoms with Gasteiger partial charge in [-0.1, -0.05) is 0 Å². The molecular formula is C26H20F8O3. The highest BCUT2D eigenvalue weighted by Gasteiger charge is 2.65. The van der Waals surface area contributed by atoms with Gasteiger partial charge in [0.25, 0.3) is 5.85 Å². The molecule has 1 aliphatic rings. The first kappa shape index (κ1) is 26.6. The van der Waals surface area contributed by atoms with Crippen LogP contribution in [-0.4, -0.2) is 13.2 Å². The van der Waals surface area contributed by atoms with E-state index in [-0.39, 0.29) is 19.0 Å². The molecule has 3 nitrogen and oxygen atoms in total. The summed E-state index contributed by atoms with van der Waals surface area (Å²) in [6.45, 7) is 3.84. The molecule has 3 aromatic rings. The van der Waals surface area contributed by atoms with E-state index < -0.39 is 74.5 Å². The van der Waals surface area contributed by atoms with Gasteiger partial charge in [-0.15, -0.1) is 0 Å². The summed E-state index contributed by atoms with van der Waals surface area (Å²) in [6.07, 6.45) is 0. The molecule has 0 bridgehead atoms. The van der Waals surface area contributed by atoms with Gasteiger partial charge >= 0.3 is 11.8 Å². The quantitative estimate of drug-likeness (QED) is 0.289. The summed E-state index contributed by atoms with van der Waals surface area (Å²) < 4.78 is 135. The number of fused-ring (bicyclic) bond motifs is 3. The highest BCUT2D eigenvalue weighted by atomic mass is 19.3. The van der Waals surface area contributed by atoms with Gasteiger partial charge in [0.2, 0.25) is 0 Å². The first-order valence-corrected chi connectivity index (χ1v) is 11.1. The second-order valence-corrected chi connectivity index (χ2v) is 8.28. The smallest absolute Gasteiger partial charge is 0.343 e. The molecule has 3 aromatic carbocycles. The number of halogens is 8. The molecule has 1 aliphatic carbocycles. The van der Waals surface area contributed by atoms with E-state index in [4.69, 9.17) is 14.2 Å². The maximum absolute atomic E-state index is 15.4. The summed E-state index contributed by atoms with van der Waals surface area (Å²) in [5.41, 5.74) is -5.63. The Hall–Kier alpha value is -3.50. The Bertz CT molecular complexity index is 1350. The molecule has 0 fully saturated rings. The average Bonchev–Trinajstić information content (AvgIpc) is 2.80. The summed E-state index contributed by atoms with van der Waals surface area (Å²) in [6, 6.07) is 6.37. The van der Waals surface area contributed by atoms with Gasteiger partial charge in [-0.25, -0.2) is 13.2 Å². The van der Waals surface area contributed by atoms with Gasteiger partial charge in [0.05, 0.1) is 29.9 Å². The number of benzene rings is 3. The number of hydrogen-bond donors (Lipinski definition) is 0. The monoisotopic (exact) mass is 532 g/mol. The van der Waals surface area contributed by atoms with E-state index in [1.54, 1.807) is 6.92 Å². The molecule has 0 N–H and O–H groups in total. The summed E-state index contributed by atoms with van der Waals surface area (Å²) in [4.78, 5) is 0. The molecule has 0 unspecified atom stereocenters. The largest absolute Gasteiger partial charge is 0.494 e. The number of hydrogen-bond acceptors (Lipinski definition) is 3. The Morgan fingerprint density at radius 2 is 1.24 bits per heavy atom. The van der Waals surface area contributed by atoms with Crippen molar-refractivity contribution in [3.8, 4) is 28.4 Å². The van der Waals surface area contributed by atoms with Crippen molar-refractivity contribution in [3.63, 3.8) is 0 Å². The molecule has 1 atom stereocenters. The highest BCUT2D eigenvalue weighted by molar-refractivity contribution is 5.78. The molecule has 0 heterocycles. The van der Waals surface area contributed by atoms with Gasteiger partial charge in [0, 0.05) is 13.0 Å². The first-order valence-electron chi connectivity index (χ1n) is 11.1. The molecule has 0 saturated heterocycles. The Labute approximate surface area is 206 Å². The lowest BCUT2D eigenvalue weighted by molar-refractivity contribution is -0.228. The second kappa shape index (κ2) is 9.11. The Balaban J connectivity index is 1.83. The zero-order chi connectivity index (χ0) is 27.3. The van der Waals surface area contributed by atoms with E-state index in [9.17, 15) is 8.78 Å². The van der Waals surface area contributed by atoms with Crippen LogP contribution in [0, 0.1) is 17.5 Å². The van der Waals surface area contributed by atoms with Gasteiger partial charge in [-0.2, -0.15) is 22.0 Å². The molecule has 198 valence electrons. The van der Waals surface area contributed by atoms with Crippen molar-refractivity contribution in [2.75, 3.05) is 13.2 Å². The van der Waals surface area contributed by atoms with Gasteiger partial charge in [-0.05, 0) is 61.4 Å². The molecule has 4 rings (SSSR count). The molecule has 37 heavy (non-hydrogen) atoms. The number of alkyl halides is 5. The minimum absolute atomic E-state index is 0.0692. The maximum atomic E-state index is 15.4. The lowest BCUT2D eigenvalue weighted by Crippen LogP contribution is -2.41. The van der Waals surface area contributed by atoms with Crippen LogP contribution in [0.2, 0.25) is 0 Å². The lowest BCUT2D eigenvalue weighted by Gasteiger charge is -2.36. The topological polar surface area (TPSA) is 27.7 Å². The predicted octanol–water partition coefficient (Wildman–Crippen LogP) is 7.99. The van der Waals surface area contributed by atoms with Gasteiger partial charge in [-0.3, -0.25) is 0 Å². The molecule has 11 heteroatoms. The lowest BCUT2D eigenvalue weighted by atomic mass is 9.79. The van der Waals surface area contributed by atoms with E-state index in [2.05, 4.69) is 0 Å². The van der Waals surface area contributed by atoms with Crippen LogP contribution in [0.1, 0.15) is 37.5 Å². The van der Waals surface area contributed by atoms with Crippen LogP contribution in [0.5, 0.6) is 17.2 Å². The van der Waals surface area contributed by atoms with Crippen LogP contribution in [0.15, 0.2) is 42.5 Å². The van der Waals surface area contributed by atoms with Crippen LogP contribution in [0.4, 0.5) is 35.1 Å². The van der Waals surface area contributed by atoms with Crippen LogP contribution in [0.3, 0.4) is 0 Å². The van der Waals surface area contributed by atoms with Crippen LogP contribution in [0.25, 0.3) is 11.1 Å². The standard InChI is InChI=1S/C26H20F8O3/c1-4-35-13-6-9-16(17(27)12-13)24(3,30)37-19-11-8-15-14-7-10-18(36-5-2)22(28)20(14)25(31,32)26(33,34)21(15)23(19)29/h6-12H,4-5H2,1-3H3/t24-/m0/s1. The predicted molar refractivity (Wildman–Crippen MR) is 117 cm³/mol. The molecule has 0 saturated carbocycles. The van der Waals surface area contributed by atoms with E-state index in [1.165, 1.54) is 13.0 Å². The first-order chi connectivity index (χ1) is 17.3. The minimum Gasteiger partial charge on any atom is -0.494 e. The van der Waals surface area contributed by atoms with Gasteiger partial charge in [0.15, 0.2) is 23.1 Å². The SMILES string of the molecule is CCOc1ccc([C@@](C)(F)Oc2ccc3c(c2F)C(F)(F)C(F)(F)c2c-3ccc(OCC)c2F)c(F)c1. The maximum Gasteiger partial charge on any atom is 0.343 e. The van der Waals surface area contributed by atoms with Gasteiger partial charge in [0.1, 0.15) is 11.6 Å². The van der Waals surface area contributed by atoms with Crippen molar-refractivity contribution in [1.29, 1.82) is 0 Å². The summed E-state index contributed by atoms with van der Waals surface area (Å²) >= 11 is 0. The molecule has 0 radical (unpaired) electrons. The zero-order valence-corrected chi connectivity index (χ0v) is 19.7. The average molecular weight is 532 g/mol. The van der Waals surface area contributed by atoms with Crippen molar-refractivity contribution in [1.82, 2.24) is 0 Å². The van der Waals surface area contributed by atoms with E-state index in [1.807, 2.05) is 0 Å². The molecular weight excluding hydrogens is 512 g/mol. The van der Waals surface area contributed by atoms with Crippen molar-refractivity contribution in [3.05, 3.63) is 76.6 Å². The number of ether oxygens (including phenoxy) is 3. The van der Waals surface area contributed by atoms with Crippen molar-refractivity contribution in [2.45, 2.75) is 38.5 Å². The van der Waals surface area contributed by atoms with Crippen molar-refractivity contribution < 1.29 is 49.3 Å². The Kier molecular flexibility index (Phi) is 6.54. The van der Waals surface area contributed by atoms with Gasteiger partial charge < -0.3 is 14.2 Å². The third-order valence-electron chi connectivity index (χ3n) is 5.86. The highest BCUT2D eigenvalue weighted by Crippen LogP contribution is 2.60. The van der Waals surface area contributed by atoms with E-state index in [0.717, 1.165) is 36.4 Å². The van der Waals surface area contributed by atoms with Crippen LogP contribution < -0.4 is 14.2 Å². The summed E-state index contributed by atoms with van der Waals surface area (Å²) in [7, 11) is 0. The fourth-order valence-corrected chi connectivity index (χ4v) is 4.21. The van der Waals surface area contributed by atoms with Crippen LogP contribution >= 0.6 is 0 Å². The Morgan fingerprint density at radius 3 is 1.76 bits per heavy atom. The number of rotatable bonds is 7. The fourth-order valence-electron chi connectivity index (χ4n) is 4.21. The normalized spacial score (nSPS) is 16.8. The Morgan fingerprint density at radius 1 is 0.730 bits per heavy atom. The molecule has 0 aromatic heterocycles. The van der Waals surface area contributed by atoms with E-state index in [0.29, 0.717) is 6.92 Å². The van der Waals surface area contributed by atoms with Crippen molar-refractivity contribution in [2.24, 2.45) is 0 Å². The summed E-state index contributed by atoms with van der Waals surface area (Å²) in [5, 5.41) is 0. The fraction of sp³-hybridized carbons (Fsp3) is 0.308. The summed E-state index contributed by atoms with van der Waals surface area (Å²) in [5.74, 6) is -20.2. The van der Waals surface area contributed by atoms with E-state index >= 15 is 26.3 Å². The third-order valence-corrected chi connectivity index (χ3v) is 5.86. The minimum atomic E-state index is -5.26. The third kappa shape index (κ3) is 4.14. The molecule has 0 amide bonds. The molecule has 0 aliphatic heterocycles. The van der Waals surface area contributed by atoms with Crippen molar-refractivity contribution >= 4 is 0 Å². The molecule has 0 spiro atoms.